The third-order valence-corrected chi connectivity index (χ3v) is 6.43. The van der Waals surface area contributed by atoms with Gasteiger partial charge in [-0.3, -0.25) is 0 Å². The van der Waals surface area contributed by atoms with Gasteiger partial charge in [0.2, 0.25) is 0 Å². The number of hydrogen-bond acceptors (Lipinski definition) is 6. The molecule has 0 amide bonds. The molecule has 0 aliphatic carbocycles. The van der Waals surface area contributed by atoms with Crippen LogP contribution in [-0.2, 0) is 19.2 Å². The highest BCUT2D eigenvalue weighted by atomic mass is 79.9. The van der Waals surface area contributed by atoms with Crippen molar-refractivity contribution in [3.8, 4) is 0 Å². The predicted molar refractivity (Wildman–Crippen MR) is 108 cm³/mol. The summed E-state index contributed by atoms with van der Waals surface area (Å²) >= 11 is 6.68. The van der Waals surface area contributed by atoms with E-state index in [1.807, 2.05) is 35.9 Å². The van der Waals surface area contributed by atoms with Crippen molar-refractivity contribution in [3.05, 3.63) is 72.9 Å². The van der Waals surface area contributed by atoms with Crippen LogP contribution in [0.5, 0.6) is 0 Å². The summed E-state index contributed by atoms with van der Waals surface area (Å²) < 4.78 is 8.18. The molecule has 0 N–H and O–H groups in total. The molecule has 0 fully saturated rings. The molecule has 0 aliphatic rings. The minimum Gasteiger partial charge on any atom is -0.423 e. The van der Waals surface area contributed by atoms with Gasteiger partial charge in [0.25, 0.3) is 0 Å². The highest BCUT2D eigenvalue weighted by Gasteiger charge is 2.12. The Kier molecular flexibility index (Phi) is 4.97. The summed E-state index contributed by atoms with van der Waals surface area (Å²) in [6.45, 7) is 0. The SMILES string of the molecule is Cn1c(Cc2cccs2)nnc1SCc1cc(=O)oc2cc(Br)ccc12. The zero-order chi connectivity index (χ0) is 18.1. The van der Waals surface area contributed by atoms with Gasteiger partial charge in [-0.1, -0.05) is 33.8 Å². The lowest BCUT2D eigenvalue weighted by molar-refractivity contribution is 0.559. The van der Waals surface area contributed by atoms with Crippen LogP contribution >= 0.6 is 39.0 Å². The number of aromatic nitrogens is 3. The topological polar surface area (TPSA) is 60.9 Å². The van der Waals surface area contributed by atoms with Crippen molar-refractivity contribution in [3.63, 3.8) is 0 Å². The number of halogens is 1. The molecule has 0 saturated carbocycles. The molecule has 4 aromatic rings. The van der Waals surface area contributed by atoms with E-state index in [1.54, 1.807) is 29.2 Å². The fourth-order valence-corrected chi connectivity index (χ4v) is 4.62. The summed E-state index contributed by atoms with van der Waals surface area (Å²) in [5, 5.41) is 12.4. The average Bonchev–Trinajstić information content (AvgIpc) is 3.24. The van der Waals surface area contributed by atoms with Crippen LogP contribution in [0, 0.1) is 0 Å². The van der Waals surface area contributed by atoms with Crippen LogP contribution in [0.2, 0.25) is 0 Å². The maximum absolute atomic E-state index is 11.9. The van der Waals surface area contributed by atoms with Gasteiger partial charge in [0, 0.05) is 40.0 Å². The quantitative estimate of drug-likeness (QED) is 0.329. The van der Waals surface area contributed by atoms with Gasteiger partial charge < -0.3 is 8.98 Å². The summed E-state index contributed by atoms with van der Waals surface area (Å²) in [4.78, 5) is 13.1. The van der Waals surface area contributed by atoms with Gasteiger partial charge in [0.05, 0.1) is 0 Å². The summed E-state index contributed by atoms with van der Waals surface area (Å²) in [5.74, 6) is 1.55. The number of nitrogens with zero attached hydrogens (tertiary/aromatic N) is 3. The Balaban J connectivity index is 1.57. The van der Waals surface area contributed by atoms with Crippen LogP contribution in [0.1, 0.15) is 16.3 Å². The van der Waals surface area contributed by atoms with E-state index < -0.39 is 0 Å². The lowest BCUT2D eigenvalue weighted by Crippen LogP contribution is -2.01. The molecule has 0 radical (unpaired) electrons. The van der Waals surface area contributed by atoms with Crippen molar-refractivity contribution in [1.82, 2.24) is 14.8 Å². The Labute approximate surface area is 166 Å². The smallest absolute Gasteiger partial charge is 0.336 e. The van der Waals surface area contributed by atoms with Gasteiger partial charge in [0.15, 0.2) is 5.16 Å². The largest absolute Gasteiger partial charge is 0.423 e. The van der Waals surface area contributed by atoms with Crippen LogP contribution in [0.15, 0.2) is 60.6 Å². The molecule has 3 heterocycles. The zero-order valence-electron chi connectivity index (χ0n) is 13.8. The standard InChI is InChI=1S/C18H14BrN3O2S2/c1-22-16(9-13-3-2-6-25-13)20-21-18(22)26-10-11-7-17(23)24-15-8-12(19)4-5-14(11)15/h2-8H,9-10H2,1H3. The van der Waals surface area contributed by atoms with Crippen molar-refractivity contribution in [2.24, 2.45) is 7.05 Å². The van der Waals surface area contributed by atoms with E-state index in [0.29, 0.717) is 11.3 Å². The summed E-state index contributed by atoms with van der Waals surface area (Å²) in [6, 6.07) is 11.4. The Bertz CT molecular complexity index is 1120. The van der Waals surface area contributed by atoms with Crippen molar-refractivity contribution < 1.29 is 4.42 Å². The molecule has 0 bridgehead atoms. The molecule has 26 heavy (non-hydrogen) atoms. The molecular formula is C18H14BrN3O2S2. The first-order valence-electron chi connectivity index (χ1n) is 7.86. The minimum atomic E-state index is -0.345. The molecule has 0 aliphatic heterocycles. The normalized spacial score (nSPS) is 11.3. The van der Waals surface area contributed by atoms with E-state index >= 15 is 0 Å². The number of thioether (sulfide) groups is 1. The lowest BCUT2D eigenvalue weighted by atomic mass is 10.1. The maximum atomic E-state index is 11.9. The third kappa shape index (κ3) is 3.62. The van der Waals surface area contributed by atoms with Crippen LogP contribution in [-0.4, -0.2) is 14.8 Å². The van der Waals surface area contributed by atoms with E-state index in [1.165, 1.54) is 4.88 Å². The minimum absolute atomic E-state index is 0.345. The van der Waals surface area contributed by atoms with E-state index in [-0.39, 0.29) is 5.63 Å². The predicted octanol–water partition coefficient (Wildman–Crippen LogP) is 4.63. The lowest BCUT2D eigenvalue weighted by Gasteiger charge is -2.06. The second-order valence-electron chi connectivity index (χ2n) is 5.73. The van der Waals surface area contributed by atoms with E-state index in [9.17, 15) is 4.79 Å². The van der Waals surface area contributed by atoms with Crippen molar-refractivity contribution in [2.45, 2.75) is 17.3 Å². The number of benzene rings is 1. The highest BCUT2D eigenvalue weighted by molar-refractivity contribution is 9.10. The van der Waals surface area contributed by atoms with Gasteiger partial charge in [-0.05, 0) is 35.2 Å². The van der Waals surface area contributed by atoms with Crippen LogP contribution < -0.4 is 5.63 Å². The van der Waals surface area contributed by atoms with Crippen molar-refractivity contribution in [1.29, 1.82) is 0 Å². The molecule has 4 rings (SSSR count). The first kappa shape index (κ1) is 17.5. The zero-order valence-corrected chi connectivity index (χ0v) is 17.0. The van der Waals surface area contributed by atoms with E-state index in [0.717, 1.165) is 32.8 Å². The average molecular weight is 448 g/mol. The van der Waals surface area contributed by atoms with E-state index in [2.05, 4.69) is 37.6 Å². The van der Waals surface area contributed by atoms with E-state index in [4.69, 9.17) is 4.42 Å². The summed E-state index contributed by atoms with van der Waals surface area (Å²) in [5.41, 5.74) is 1.16. The van der Waals surface area contributed by atoms with Crippen molar-refractivity contribution >= 4 is 50.0 Å². The van der Waals surface area contributed by atoms with Crippen LogP contribution in [0.25, 0.3) is 11.0 Å². The maximum Gasteiger partial charge on any atom is 0.336 e. The third-order valence-electron chi connectivity index (χ3n) is 3.99. The second kappa shape index (κ2) is 7.38. The first-order valence-corrected chi connectivity index (χ1v) is 10.5. The van der Waals surface area contributed by atoms with Gasteiger partial charge >= 0.3 is 5.63 Å². The number of fused-ring (bicyclic) bond motifs is 1. The summed E-state index contributed by atoms with van der Waals surface area (Å²) in [7, 11) is 1.97. The van der Waals surface area contributed by atoms with Gasteiger partial charge in [-0.25, -0.2) is 4.79 Å². The molecule has 0 saturated heterocycles. The van der Waals surface area contributed by atoms with Gasteiger partial charge in [-0.2, -0.15) is 0 Å². The van der Waals surface area contributed by atoms with Gasteiger partial charge in [0.1, 0.15) is 11.4 Å². The monoisotopic (exact) mass is 447 g/mol. The molecule has 5 nitrogen and oxygen atoms in total. The molecule has 3 aromatic heterocycles. The number of rotatable bonds is 5. The molecule has 8 heteroatoms. The van der Waals surface area contributed by atoms with Gasteiger partial charge in [-0.15, -0.1) is 21.5 Å². The molecule has 0 unspecified atom stereocenters. The highest BCUT2D eigenvalue weighted by Crippen LogP contribution is 2.27. The molecule has 0 spiro atoms. The second-order valence-corrected chi connectivity index (χ2v) is 8.62. The molecular weight excluding hydrogens is 434 g/mol. The number of hydrogen-bond donors (Lipinski definition) is 0. The molecule has 132 valence electrons. The fourth-order valence-electron chi connectivity index (χ4n) is 2.66. The molecule has 0 atom stereocenters. The van der Waals surface area contributed by atoms with Crippen LogP contribution in [0.4, 0.5) is 0 Å². The first-order chi connectivity index (χ1) is 12.6. The Morgan fingerprint density at radius 3 is 2.96 bits per heavy atom. The van der Waals surface area contributed by atoms with Crippen molar-refractivity contribution in [2.75, 3.05) is 0 Å². The summed E-state index contributed by atoms with van der Waals surface area (Å²) in [6.07, 6.45) is 0.771. The molecule has 1 aromatic carbocycles. The fraction of sp³-hybridized carbons (Fsp3) is 0.167. The Morgan fingerprint density at radius 2 is 2.15 bits per heavy atom. The Hall–Kier alpha value is -1.90. The Morgan fingerprint density at radius 1 is 1.27 bits per heavy atom. The number of thiophene rings is 1. The van der Waals surface area contributed by atoms with Crippen LogP contribution in [0.3, 0.4) is 0 Å².